The molecule has 3 heteroatoms. The Hall–Kier alpha value is -0.570. The Balaban J connectivity index is -0.000000109. The van der Waals surface area contributed by atoms with Crippen molar-refractivity contribution in [2.45, 2.75) is 47.5 Å². The summed E-state index contributed by atoms with van der Waals surface area (Å²) in [4.78, 5) is 9.94. The minimum Gasteiger partial charge on any atom is -0.294 e. The van der Waals surface area contributed by atoms with Crippen LogP contribution in [-0.4, -0.2) is 5.91 Å². The molecule has 0 aromatic heterocycles. The van der Waals surface area contributed by atoms with E-state index in [4.69, 9.17) is 0 Å². The molecule has 0 unspecified atom stereocenters. The average molecular weight is 162 g/mol. The Morgan fingerprint density at radius 1 is 1.27 bits per heavy atom. The van der Waals surface area contributed by atoms with E-state index in [0.29, 0.717) is 6.42 Å². The number of carbonyl (C=O) groups excluding carboxylic acids is 1. The number of carbonyl (C=O) groups is 1. The minimum atomic E-state index is -0.130. The molecule has 3 N–H and O–H groups in total. The molecule has 0 aliphatic carbocycles. The fourth-order valence-electron chi connectivity index (χ4n) is 0.102. The van der Waals surface area contributed by atoms with E-state index < -0.39 is 0 Å². The number of hydrogen-bond acceptors (Lipinski definition) is 2. The molecule has 0 aliphatic rings. The number of hydrogen-bond donors (Lipinski definition) is 2. The van der Waals surface area contributed by atoms with Crippen molar-refractivity contribution < 1.29 is 4.79 Å². The van der Waals surface area contributed by atoms with Crippen LogP contribution in [0.3, 0.4) is 0 Å². The molecule has 0 atom stereocenters. The van der Waals surface area contributed by atoms with Gasteiger partial charge in [0.1, 0.15) is 0 Å². The maximum atomic E-state index is 9.94. The van der Waals surface area contributed by atoms with Gasteiger partial charge in [0.25, 0.3) is 0 Å². The van der Waals surface area contributed by atoms with Crippen molar-refractivity contribution in [1.29, 1.82) is 0 Å². The second-order valence-corrected chi connectivity index (χ2v) is 1.63. The summed E-state index contributed by atoms with van der Waals surface area (Å²) >= 11 is 0. The molecule has 11 heavy (non-hydrogen) atoms. The van der Waals surface area contributed by atoms with Crippen LogP contribution in [0.15, 0.2) is 0 Å². The van der Waals surface area contributed by atoms with Crippen molar-refractivity contribution in [1.82, 2.24) is 5.43 Å². The zero-order chi connectivity index (χ0) is 9.70. The van der Waals surface area contributed by atoms with E-state index in [1.54, 1.807) is 6.92 Å². The van der Waals surface area contributed by atoms with E-state index in [1.807, 2.05) is 19.3 Å². The molecule has 0 aliphatic heterocycles. The predicted molar refractivity (Wildman–Crippen MR) is 49.9 cm³/mol. The highest BCUT2D eigenvalue weighted by Gasteiger charge is 1.85. The Morgan fingerprint density at radius 2 is 1.55 bits per heavy atom. The van der Waals surface area contributed by atoms with Crippen molar-refractivity contribution in [3.05, 3.63) is 0 Å². The van der Waals surface area contributed by atoms with Crippen molar-refractivity contribution in [3.63, 3.8) is 0 Å². The highest BCUT2D eigenvalue weighted by molar-refractivity contribution is 5.74. The number of hydrazine groups is 1. The van der Waals surface area contributed by atoms with Crippen LogP contribution in [0.5, 0.6) is 0 Å². The van der Waals surface area contributed by atoms with Gasteiger partial charge in [0.15, 0.2) is 0 Å². The van der Waals surface area contributed by atoms with E-state index in [2.05, 4.69) is 19.7 Å². The van der Waals surface area contributed by atoms with Crippen LogP contribution in [0.2, 0.25) is 0 Å². The van der Waals surface area contributed by atoms with Gasteiger partial charge in [-0.3, -0.25) is 10.2 Å². The second kappa shape index (κ2) is 22.7. The Bertz CT molecular complexity index is 59.1. The SMILES string of the molecule is CC.CCC.CCC(=O)NN. The molecule has 0 spiro atoms. The average Bonchev–Trinajstić information content (AvgIpc) is 2.08. The summed E-state index contributed by atoms with van der Waals surface area (Å²) in [6.07, 6.45) is 1.70. The van der Waals surface area contributed by atoms with Crippen molar-refractivity contribution in [3.8, 4) is 0 Å². The highest BCUT2D eigenvalue weighted by Crippen LogP contribution is 1.66. The molecule has 0 radical (unpaired) electrons. The number of amides is 1. The molecular formula is C8H22N2O. The van der Waals surface area contributed by atoms with Gasteiger partial charge in [-0.1, -0.05) is 41.0 Å². The van der Waals surface area contributed by atoms with E-state index in [-0.39, 0.29) is 5.91 Å². The van der Waals surface area contributed by atoms with Gasteiger partial charge in [0.2, 0.25) is 5.91 Å². The second-order valence-electron chi connectivity index (χ2n) is 1.63. The van der Waals surface area contributed by atoms with Crippen LogP contribution in [0.4, 0.5) is 0 Å². The van der Waals surface area contributed by atoms with Crippen LogP contribution in [-0.2, 0) is 4.79 Å². The molecule has 0 fully saturated rings. The first-order valence-electron chi connectivity index (χ1n) is 4.22. The first-order chi connectivity index (χ1) is 5.22. The van der Waals surface area contributed by atoms with Crippen LogP contribution in [0.25, 0.3) is 0 Å². The van der Waals surface area contributed by atoms with Crippen molar-refractivity contribution in [2.24, 2.45) is 5.84 Å². The predicted octanol–water partition coefficient (Wildman–Crippen LogP) is 1.83. The van der Waals surface area contributed by atoms with E-state index in [9.17, 15) is 4.79 Å². The van der Waals surface area contributed by atoms with Gasteiger partial charge in [-0.2, -0.15) is 0 Å². The molecule has 0 saturated heterocycles. The van der Waals surface area contributed by atoms with Gasteiger partial charge >= 0.3 is 0 Å². The monoisotopic (exact) mass is 162 g/mol. The largest absolute Gasteiger partial charge is 0.294 e. The van der Waals surface area contributed by atoms with Gasteiger partial charge in [-0.15, -0.1) is 0 Å². The van der Waals surface area contributed by atoms with Crippen LogP contribution in [0, 0.1) is 0 Å². The molecule has 70 valence electrons. The summed E-state index contributed by atoms with van der Waals surface area (Å²) in [5.74, 6) is 4.55. The van der Waals surface area contributed by atoms with Crippen molar-refractivity contribution in [2.75, 3.05) is 0 Å². The van der Waals surface area contributed by atoms with Gasteiger partial charge in [-0.05, 0) is 0 Å². The van der Waals surface area contributed by atoms with Gasteiger partial charge in [-0.25, -0.2) is 5.84 Å². The van der Waals surface area contributed by atoms with Gasteiger partial charge in [0.05, 0.1) is 0 Å². The molecule has 3 nitrogen and oxygen atoms in total. The Kier molecular flexibility index (Phi) is 34.7. The molecule has 0 saturated carbocycles. The molecule has 0 bridgehead atoms. The summed E-state index contributed by atoms with van der Waals surface area (Å²) in [5.41, 5.74) is 1.98. The lowest BCUT2D eigenvalue weighted by atomic mass is 10.5. The van der Waals surface area contributed by atoms with Gasteiger partial charge < -0.3 is 0 Å². The fraction of sp³-hybridized carbons (Fsp3) is 0.875. The summed E-state index contributed by atoms with van der Waals surface area (Å²) in [5, 5.41) is 0. The van der Waals surface area contributed by atoms with E-state index in [0.717, 1.165) is 0 Å². The van der Waals surface area contributed by atoms with Crippen LogP contribution in [0.1, 0.15) is 47.5 Å². The van der Waals surface area contributed by atoms with Crippen LogP contribution < -0.4 is 11.3 Å². The standard InChI is InChI=1S/C3H8N2O.C3H8.C2H6/c1-2-3(6)5-4;1-3-2;1-2/h2,4H2,1H3,(H,5,6);3H2,1-2H3;1-2H3. The zero-order valence-electron chi connectivity index (χ0n) is 8.40. The maximum absolute atomic E-state index is 9.94. The first-order valence-corrected chi connectivity index (χ1v) is 4.22. The highest BCUT2D eigenvalue weighted by atomic mass is 16.2. The Morgan fingerprint density at radius 3 is 1.55 bits per heavy atom. The topological polar surface area (TPSA) is 55.1 Å². The molecule has 1 amide bonds. The smallest absolute Gasteiger partial charge is 0.233 e. The minimum absolute atomic E-state index is 0.130. The number of nitrogens with one attached hydrogen (secondary N) is 1. The lowest BCUT2D eigenvalue weighted by Gasteiger charge is -1.87. The van der Waals surface area contributed by atoms with E-state index in [1.165, 1.54) is 6.42 Å². The number of rotatable bonds is 1. The number of nitrogens with two attached hydrogens (primary N) is 1. The fourth-order valence-corrected chi connectivity index (χ4v) is 0.102. The Labute approximate surface area is 70.3 Å². The third kappa shape index (κ3) is 44.2. The molecular weight excluding hydrogens is 140 g/mol. The molecule has 0 aromatic rings. The zero-order valence-corrected chi connectivity index (χ0v) is 8.40. The normalized spacial score (nSPS) is 6.36. The molecule has 0 rings (SSSR count). The third-order valence-corrected chi connectivity index (χ3v) is 0.482. The van der Waals surface area contributed by atoms with Crippen LogP contribution >= 0.6 is 0 Å². The lowest BCUT2D eigenvalue weighted by Crippen LogP contribution is -2.28. The first kappa shape index (κ1) is 16.8. The summed E-state index contributed by atoms with van der Waals surface area (Å²) in [6, 6.07) is 0. The summed E-state index contributed by atoms with van der Waals surface area (Å²) in [6.45, 7) is 9.99. The summed E-state index contributed by atoms with van der Waals surface area (Å²) < 4.78 is 0. The quantitative estimate of drug-likeness (QED) is 0.351. The summed E-state index contributed by atoms with van der Waals surface area (Å²) in [7, 11) is 0. The maximum Gasteiger partial charge on any atom is 0.233 e. The third-order valence-electron chi connectivity index (χ3n) is 0.482. The lowest BCUT2D eigenvalue weighted by molar-refractivity contribution is -0.120. The van der Waals surface area contributed by atoms with E-state index >= 15 is 0 Å². The molecule has 0 aromatic carbocycles. The van der Waals surface area contributed by atoms with Crippen molar-refractivity contribution >= 4 is 5.91 Å². The van der Waals surface area contributed by atoms with Gasteiger partial charge in [0, 0.05) is 6.42 Å². The molecule has 0 heterocycles.